The van der Waals surface area contributed by atoms with Gasteiger partial charge in [-0.15, -0.1) is 0 Å². The van der Waals surface area contributed by atoms with E-state index < -0.39 is 0 Å². The minimum absolute atomic E-state index is 0.597. The second kappa shape index (κ2) is 7.10. The molecule has 1 unspecified atom stereocenters. The van der Waals surface area contributed by atoms with E-state index in [1.54, 1.807) is 11.8 Å². The first-order chi connectivity index (χ1) is 8.79. The summed E-state index contributed by atoms with van der Waals surface area (Å²) in [6.07, 6.45) is 8.81. The number of hydrogen-bond acceptors (Lipinski definition) is 4. The average Bonchev–Trinajstić information content (AvgIpc) is 2.41. The van der Waals surface area contributed by atoms with Crippen LogP contribution in [0.4, 0.5) is 0 Å². The third kappa shape index (κ3) is 3.95. The molecule has 100 valence electrons. The van der Waals surface area contributed by atoms with Gasteiger partial charge in [0.1, 0.15) is 0 Å². The highest BCUT2D eigenvalue weighted by atomic mass is 32.2. The molecule has 0 aromatic carbocycles. The Morgan fingerprint density at radius 2 is 2.17 bits per heavy atom. The average molecular weight is 265 g/mol. The smallest absolute Gasteiger partial charge is 0.187 e. The van der Waals surface area contributed by atoms with Crippen molar-refractivity contribution >= 4 is 11.8 Å². The molecule has 1 aliphatic rings. The van der Waals surface area contributed by atoms with E-state index in [1.165, 1.54) is 32.1 Å². The molecule has 1 atom stereocenters. The van der Waals surface area contributed by atoms with Gasteiger partial charge in [0.05, 0.1) is 0 Å². The van der Waals surface area contributed by atoms with Crippen LogP contribution in [0.5, 0.6) is 0 Å². The van der Waals surface area contributed by atoms with E-state index in [4.69, 9.17) is 0 Å². The maximum atomic E-state index is 4.45. The summed E-state index contributed by atoms with van der Waals surface area (Å²) in [7, 11) is 2.08. The quantitative estimate of drug-likeness (QED) is 0.656. The lowest BCUT2D eigenvalue weighted by Gasteiger charge is -2.29. The van der Waals surface area contributed by atoms with Gasteiger partial charge < -0.3 is 5.32 Å². The minimum Gasteiger partial charge on any atom is -0.316 e. The Bertz CT molecular complexity index is 364. The van der Waals surface area contributed by atoms with Crippen molar-refractivity contribution in [2.75, 3.05) is 12.8 Å². The molecular formula is C14H23N3S. The van der Waals surface area contributed by atoms with E-state index in [0.717, 1.165) is 22.5 Å². The molecule has 1 N–H and O–H groups in total. The lowest BCUT2D eigenvalue weighted by Crippen LogP contribution is -2.36. The predicted molar refractivity (Wildman–Crippen MR) is 76.9 cm³/mol. The number of thioether (sulfide) groups is 1. The van der Waals surface area contributed by atoms with Gasteiger partial charge in [0.15, 0.2) is 5.16 Å². The molecule has 4 heteroatoms. The van der Waals surface area contributed by atoms with Crippen LogP contribution in [0.25, 0.3) is 0 Å². The highest BCUT2D eigenvalue weighted by Crippen LogP contribution is 2.28. The van der Waals surface area contributed by atoms with Crippen molar-refractivity contribution in [3.8, 4) is 0 Å². The number of aromatic nitrogens is 2. The van der Waals surface area contributed by atoms with Crippen molar-refractivity contribution in [2.45, 2.75) is 50.2 Å². The minimum atomic E-state index is 0.597. The molecule has 0 bridgehead atoms. The Morgan fingerprint density at radius 3 is 2.83 bits per heavy atom. The third-order valence-corrected chi connectivity index (χ3v) is 4.74. The summed E-state index contributed by atoms with van der Waals surface area (Å²) >= 11 is 1.78. The van der Waals surface area contributed by atoms with E-state index in [-0.39, 0.29) is 0 Å². The number of hydrogen-bond donors (Lipinski definition) is 1. The highest BCUT2D eigenvalue weighted by Gasteiger charge is 2.22. The summed E-state index contributed by atoms with van der Waals surface area (Å²) in [6.45, 7) is 2.02. The summed E-state index contributed by atoms with van der Waals surface area (Å²) in [5.41, 5.74) is 1.05. The number of aryl methyl sites for hydroxylation is 1. The molecule has 0 aliphatic heterocycles. The number of nitrogens with zero attached hydrogens (tertiary/aromatic N) is 2. The topological polar surface area (TPSA) is 37.8 Å². The van der Waals surface area contributed by atoms with Crippen LogP contribution in [0.15, 0.2) is 17.4 Å². The Balaban J connectivity index is 1.86. The molecule has 0 radical (unpaired) electrons. The Labute approximate surface area is 114 Å². The molecule has 1 aromatic rings. The molecule has 1 heterocycles. The van der Waals surface area contributed by atoms with Gasteiger partial charge in [0.2, 0.25) is 0 Å². The lowest BCUT2D eigenvalue weighted by molar-refractivity contribution is 0.294. The van der Waals surface area contributed by atoms with E-state index >= 15 is 0 Å². The van der Waals surface area contributed by atoms with Crippen molar-refractivity contribution in [1.82, 2.24) is 15.3 Å². The van der Waals surface area contributed by atoms with Gasteiger partial charge in [-0.05, 0) is 38.8 Å². The normalized spacial score (nSPS) is 18.8. The molecule has 1 aromatic heterocycles. The summed E-state index contributed by atoms with van der Waals surface area (Å²) in [4.78, 5) is 8.76. The summed E-state index contributed by atoms with van der Waals surface area (Å²) in [5.74, 6) is 1.91. The first-order valence-corrected chi connectivity index (χ1v) is 7.88. The second-order valence-electron chi connectivity index (χ2n) is 5.08. The van der Waals surface area contributed by atoms with Crippen LogP contribution in [-0.4, -0.2) is 28.8 Å². The summed E-state index contributed by atoms with van der Waals surface area (Å²) in [6, 6.07) is 2.54. The maximum absolute atomic E-state index is 4.45. The molecule has 18 heavy (non-hydrogen) atoms. The van der Waals surface area contributed by atoms with Crippen molar-refractivity contribution in [2.24, 2.45) is 5.92 Å². The molecule has 0 amide bonds. The van der Waals surface area contributed by atoms with E-state index in [9.17, 15) is 0 Å². The monoisotopic (exact) mass is 265 g/mol. The largest absolute Gasteiger partial charge is 0.316 e. The SMILES string of the molecule is CNC(CSc1nccc(C)n1)C1CCCCC1. The van der Waals surface area contributed by atoms with Crippen molar-refractivity contribution in [3.05, 3.63) is 18.0 Å². The number of nitrogens with one attached hydrogen (secondary N) is 1. The van der Waals surface area contributed by atoms with Crippen LogP contribution in [-0.2, 0) is 0 Å². The molecule has 1 aliphatic carbocycles. The molecule has 1 fully saturated rings. The molecule has 0 saturated heterocycles. The molecule has 3 nitrogen and oxygen atoms in total. The summed E-state index contributed by atoms with van der Waals surface area (Å²) in [5, 5.41) is 4.39. The maximum Gasteiger partial charge on any atom is 0.187 e. The van der Waals surface area contributed by atoms with Crippen molar-refractivity contribution in [3.63, 3.8) is 0 Å². The van der Waals surface area contributed by atoms with Gasteiger partial charge in [-0.25, -0.2) is 9.97 Å². The first kappa shape index (κ1) is 13.8. The lowest BCUT2D eigenvalue weighted by atomic mass is 9.84. The van der Waals surface area contributed by atoms with Crippen LogP contribution in [0.3, 0.4) is 0 Å². The summed E-state index contributed by atoms with van der Waals surface area (Å²) < 4.78 is 0. The zero-order valence-corrected chi connectivity index (χ0v) is 12.2. The Kier molecular flexibility index (Phi) is 5.45. The fraction of sp³-hybridized carbons (Fsp3) is 0.714. The standard InChI is InChI=1S/C14H23N3S/c1-11-8-9-16-14(17-11)18-10-13(15-2)12-6-4-3-5-7-12/h8-9,12-13,15H,3-7,10H2,1-2H3. The van der Waals surface area contributed by atoms with Gasteiger partial charge in [-0.3, -0.25) is 0 Å². The van der Waals surface area contributed by atoms with E-state index in [0.29, 0.717) is 6.04 Å². The molecule has 0 spiro atoms. The van der Waals surface area contributed by atoms with Crippen molar-refractivity contribution < 1.29 is 0 Å². The molecule has 1 saturated carbocycles. The first-order valence-electron chi connectivity index (χ1n) is 6.89. The van der Waals surface area contributed by atoms with E-state index in [2.05, 4.69) is 22.3 Å². The van der Waals surface area contributed by atoms with Crippen LogP contribution >= 0.6 is 11.8 Å². The zero-order chi connectivity index (χ0) is 12.8. The van der Waals surface area contributed by atoms with Crippen molar-refractivity contribution in [1.29, 1.82) is 0 Å². The van der Waals surface area contributed by atoms with Crippen LogP contribution in [0.2, 0.25) is 0 Å². The third-order valence-electron chi connectivity index (χ3n) is 3.75. The van der Waals surface area contributed by atoms with Gasteiger partial charge in [-0.1, -0.05) is 31.0 Å². The number of rotatable bonds is 5. The highest BCUT2D eigenvalue weighted by molar-refractivity contribution is 7.99. The second-order valence-corrected chi connectivity index (χ2v) is 6.07. The van der Waals surface area contributed by atoms with Crippen LogP contribution < -0.4 is 5.32 Å². The zero-order valence-electron chi connectivity index (χ0n) is 11.4. The fourth-order valence-corrected chi connectivity index (χ4v) is 3.76. The predicted octanol–water partition coefficient (Wildman–Crippen LogP) is 3.05. The molecule has 2 rings (SSSR count). The van der Waals surface area contributed by atoms with Crippen LogP contribution in [0.1, 0.15) is 37.8 Å². The molecular weight excluding hydrogens is 242 g/mol. The van der Waals surface area contributed by atoms with Gasteiger partial charge >= 0.3 is 0 Å². The Hall–Kier alpha value is -0.610. The van der Waals surface area contributed by atoms with Gasteiger partial charge in [0, 0.05) is 23.7 Å². The Morgan fingerprint density at radius 1 is 1.39 bits per heavy atom. The van der Waals surface area contributed by atoms with E-state index in [1.807, 2.05) is 19.2 Å². The van der Waals surface area contributed by atoms with Gasteiger partial charge in [0.25, 0.3) is 0 Å². The van der Waals surface area contributed by atoms with Crippen LogP contribution in [0, 0.1) is 12.8 Å². The van der Waals surface area contributed by atoms with Gasteiger partial charge in [-0.2, -0.15) is 0 Å². The fourth-order valence-electron chi connectivity index (χ4n) is 2.65.